The van der Waals surface area contributed by atoms with E-state index in [-0.39, 0.29) is 10.5 Å². The van der Waals surface area contributed by atoms with Gasteiger partial charge < -0.3 is 5.11 Å². The minimum Gasteiger partial charge on any atom is -0.478 e. The minimum absolute atomic E-state index is 0.000929. The minimum atomic E-state index is -3.87. The van der Waals surface area contributed by atoms with Crippen molar-refractivity contribution in [1.29, 1.82) is 0 Å². The van der Waals surface area contributed by atoms with Crippen LogP contribution in [0.25, 0.3) is 0 Å². The van der Waals surface area contributed by atoms with E-state index in [9.17, 15) is 18.3 Å². The van der Waals surface area contributed by atoms with Crippen molar-refractivity contribution in [2.75, 3.05) is 4.72 Å². The fourth-order valence-electron chi connectivity index (χ4n) is 2.93. The summed E-state index contributed by atoms with van der Waals surface area (Å²) in [6.07, 6.45) is 2.17. The number of carboxylic acids is 1. The number of carboxylic acid groups (broad SMARTS) is 1. The Morgan fingerprint density at radius 1 is 1.21 bits per heavy atom. The molecule has 0 aliphatic heterocycles. The summed E-state index contributed by atoms with van der Waals surface area (Å²) in [6.45, 7) is 1.91. The van der Waals surface area contributed by atoms with Crippen molar-refractivity contribution in [3.63, 3.8) is 0 Å². The van der Waals surface area contributed by atoms with Crippen molar-refractivity contribution in [2.45, 2.75) is 31.1 Å². The van der Waals surface area contributed by atoms with E-state index in [1.165, 1.54) is 6.07 Å². The van der Waals surface area contributed by atoms with E-state index in [2.05, 4.69) is 20.7 Å². The number of hydrogen-bond donors (Lipinski definition) is 2. The normalized spacial score (nSPS) is 13.6. The maximum atomic E-state index is 12.8. The second-order valence-electron chi connectivity index (χ2n) is 5.86. The van der Waals surface area contributed by atoms with Gasteiger partial charge in [-0.2, -0.15) is 0 Å². The van der Waals surface area contributed by atoms with Crippen LogP contribution in [0.4, 0.5) is 5.69 Å². The van der Waals surface area contributed by atoms with Gasteiger partial charge >= 0.3 is 5.97 Å². The topological polar surface area (TPSA) is 83.5 Å². The number of aromatic carboxylic acids is 1. The first-order valence-electron chi connectivity index (χ1n) is 7.46. The van der Waals surface area contributed by atoms with Gasteiger partial charge in [-0.1, -0.05) is 6.07 Å². The molecule has 0 heterocycles. The highest BCUT2D eigenvalue weighted by molar-refractivity contribution is 9.10. The van der Waals surface area contributed by atoms with Gasteiger partial charge in [0.15, 0.2) is 0 Å². The van der Waals surface area contributed by atoms with Crippen molar-refractivity contribution in [2.24, 2.45) is 0 Å². The van der Waals surface area contributed by atoms with Gasteiger partial charge in [0.2, 0.25) is 0 Å². The molecular formula is C17H16BrNO4S. The molecule has 0 amide bonds. The van der Waals surface area contributed by atoms with Crippen molar-refractivity contribution >= 4 is 37.6 Å². The highest BCUT2D eigenvalue weighted by Gasteiger charge is 2.26. The Hall–Kier alpha value is -1.86. The monoisotopic (exact) mass is 409 g/mol. The standard InChI is InChI=1S/C17H16BrNO4S/c1-10-5-6-15(14(18)7-10)19-24(22,23)16-9-12(17(20)21)8-11-3-2-4-13(11)16/h5-9,19H,2-4H2,1H3,(H,20,21). The first-order chi connectivity index (χ1) is 11.3. The van der Waals surface area contributed by atoms with E-state index in [4.69, 9.17) is 0 Å². The molecule has 0 radical (unpaired) electrons. The van der Waals surface area contributed by atoms with Gasteiger partial charge in [0.05, 0.1) is 16.1 Å². The number of rotatable bonds is 4. The van der Waals surface area contributed by atoms with E-state index in [1.807, 2.05) is 13.0 Å². The SMILES string of the molecule is Cc1ccc(NS(=O)(=O)c2cc(C(=O)O)cc3c2CCC3)c(Br)c1. The Balaban J connectivity index is 2.08. The van der Waals surface area contributed by atoms with Crippen LogP contribution in [0.3, 0.4) is 0 Å². The third-order valence-corrected chi connectivity index (χ3v) is 6.17. The molecule has 0 saturated carbocycles. The lowest BCUT2D eigenvalue weighted by molar-refractivity contribution is 0.0696. The number of aryl methyl sites for hydroxylation is 2. The fourth-order valence-corrected chi connectivity index (χ4v) is 5.07. The maximum Gasteiger partial charge on any atom is 0.335 e. The summed E-state index contributed by atoms with van der Waals surface area (Å²) in [4.78, 5) is 11.4. The Bertz CT molecular complexity index is 938. The van der Waals surface area contributed by atoms with E-state index in [1.54, 1.807) is 18.2 Å². The number of benzene rings is 2. The molecule has 0 aromatic heterocycles. The molecule has 7 heteroatoms. The molecule has 126 valence electrons. The van der Waals surface area contributed by atoms with Crippen LogP contribution in [-0.2, 0) is 22.9 Å². The molecule has 1 aliphatic carbocycles. The number of sulfonamides is 1. The summed E-state index contributed by atoms with van der Waals surface area (Å²) >= 11 is 3.35. The van der Waals surface area contributed by atoms with Crippen LogP contribution in [0.1, 0.15) is 33.5 Å². The van der Waals surface area contributed by atoms with Crippen molar-refractivity contribution in [3.8, 4) is 0 Å². The molecule has 0 spiro atoms. The highest BCUT2D eigenvalue weighted by atomic mass is 79.9. The molecule has 2 aromatic rings. The van der Waals surface area contributed by atoms with Crippen LogP contribution >= 0.6 is 15.9 Å². The van der Waals surface area contributed by atoms with Gasteiger partial charge in [0, 0.05) is 4.47 Å². The van der Waals surface area contributed by atoms with Gasteiger partial charge in [-0.25, -0.2) is 13.2 Å². The predicted octanol–water partition coefficient (Wildman–Crippen LogP) is 3.75. The Labute approximate surface area is 148 Å². The van der Waals surface area contributed by atoms with Crippen LogP contribution in [0, 0.1) is 6.92 Å². The number of nitrogens with one attached hydrogen (secondary N) is 1. The van der Waals surface area contributed by atoms with Crippen LogP contribution < -0.4 is 4.72 Å². The van der Waals surface area contributed by atoms with Crippen molar-refractivity contribution < 1.29 is 18.3 Å². The van der Waals surface area contributed by atoms with Gasteiger partial charge in [0.25, 0.3) is 10.0 Å². The fraction of sp³-hybridized carbons (Fsp3) is 0.235. The van der Waals surface area contributed by atoms with Crippen LogP contribution in [0.2, 0.25) is 0 Å². The molecule has 0 bridgehead atoms. The summed E-state index contributed by atoms with van der Waals surface area (Å²) in [7, 11) is -3.87. The summed E-state index contributed by atoms with van der Waals surface area (Å²) < 4.78 is 28.9. The molecule has 2 N–H and O–H groups in total. The summed E-state index contributed by atoms with van der Waals surface area (Å²) in [6, 6.07) is 8.12. The molecule has 24 heavy (non-hydrogen) atoms. The van der Waals surface area contributed by atoms with E-state index in [0.717, 1.165) is 23.1 Å². The largest absolute Gasteiger partial charge is 0.478 e. The maximum absolute atomic E-state index is 12.8. The smallest absolute Gasteiger partial charge is 0.335 e. The summed E-state index contributed by atoms with van der Waals surface area (Å²) in [5.41, 5.74) is 2.94. The zero-order chi connectivity index (χ0) is 17.5. The quantitative estimate of drug-likeness (QED) is 0.805. The van der Waals surface area contributed by atoms with E-state index >= 15 is 0 Å². The van der Waals surface area contributed by atoms with Crippen molar-refractivity contribution in [3.05, 3.63) is 57.1 Å². The molecule has 5 nitrogen and oxygen atoms in total. The van der Waals surface area contributed by atoms with Gasteiger partial charge in [-0.15, -0.1) is 0 Å². The number of hydrogen-bond acceptors (Lipinski definition) is 3. The molecule has 2 aromatic carbocycles. The van der Waals surface area contributed by atoms with Gasteiger partial charge in [-0.05, 0) is 83.1 Å². The van der Waals surface area contributed by atoms with Gasteiger partial charge in [0.1, 0.15) is 0 Å². The average molecular weight is 410 g/mol. The Morgan fingerprint density at radius 3 is 2.62 bits per heavy atom. The van der Waals surface area contributed by atoms with Crippen LogP contribution in [0.15, 0.2) is 39.7 Å². The second-order valence-corrected chi connectivity index (χ2v) is 8.36. The lowest BCUT2D eigenvalue weighted by Gasteiger charge is -2.14. The second kappa shape index (κ2) is 6.22. The summed E-state index contributed by atoms with van der Waals surface area (Å²) in [5, 5.41) is 9.25. The van der Waals surface area contributed by atoms with E-state index in [0.29, 0.717) is 23.0 Å². The predicted molar refractivity (Wildman–Crippen MR) is 95.1 cm³/mol. The molecule has 0 saturated heterocycles. The molecular weight excluding hydrogens is 394 g/mol. The number of fused-ring (bicyclic) bond motifs is 1. The number of carbonyl (C=O) groups is 1. The third-order valence-electron chi connectivity index (χ3n) is 4.08. The number of halogens is 1. The molecule has 3 rings (SSSR count). The first kappa shape index (κ1) is 17.0. The third kappa shape index (κ3) is 3.18. The Kier molecular flexibility index (Phi) is 4.40. The molecule has 0 atom stereocenters. The van der Waals surface area contributed by atoms with Crippen LogP contribution in [-0.4, -0.2) is 19.5 Å². The highest BCUT2D eigenvalue weighted by Crippen LogP contribution is 2.32. The molecule has 0 unspecified atom stereocenters. The Morgan fingerprint density at radius 2 is 1.96 bits per heavy atom. The van der Waals surface area contributed by atoms with Gasteiger partial charge in [-0.3, -0.25) is 4.72 Å². The first-order valence-corrected chi connectivity index (χ1v) is 9.73. The van der Waals surface area contributed by atoms with Crippen LogP contribution in [0.5, 0.6) is 0 Å². The van der Waals surface area contributed by atoms with E-state index < -0.39 is 16.0 Å². The zero-order valence-electron chi connectivity index (χ0n) is 13.0. The average Bonchev–Trinajstić information content (AvgIpc) is 2.97. The zero-order valence-corrected chi connectivity index (χ0v) is 15.4. The summed E-state index contributed by atoms with van der Waals surface area (Å²) in [5.74, 6) is -1.13. The number of anilines is 1. The van der Waals surface area contributed by atoms with Crippen molar-refractivity contribution in [1.82, 2.24) is 0 Å². The molecule has 0 fully saturated rings. The lowest BCUT2D eigenvalue weighted by Crippen LogP contribution is -2.16. The molecule has 1 aliphatic rings. The lowest BCUT2D eigenvalue weighted by atomic mass is 10.1.